The summed E-state index contributed by atoms with van der Waals surface area (Å²) in [5, 5.41) is 0. The average Bonchev–Trinajstić information content (AvgIpc) is 2.66. The number of ketones is 1. The van der Waals surface area contributed by atoms with Crippen molar-refractivity contribution in [3.05, 3.63) is 63.6 Å². The molecule has 0 spiro atoms. The van der Waals surface area contributed by atoms with Gasteiger partial charge in [0.15, 0.2) is 11.5 Å². The zero-order valence-corrected chi connectivity index (χ0v) is 16.6. The second kappa shape index (κ2) is 10.4. The number of rotatable bonds is 10. The molecule has 150 valence electrons. The number of esters is 1. The Morgan fingerprint density at radius 2 is 1.82 bits per heavy atom. The fraction of sp³-hybridized carbons (Fsp3) is 0.409. The van der Waals surface area contributed by atoms with E-state index in [0.717, 1.165) is 12.0 Å². The molecule has 6 heteroatoms. The average molecular weight is 385 g/mol. The van der Waals surface area contributed by atoms with Gasteiger partial charge < -0.3 is 14.5 Å². The summed E-state index contributed by atoms with van der Waals surface area (Å²) in [5.74, 6) is 0.155. The van der Waals surface area contributed by atoms with Gasteiger partial charge in [-0.15, -0.1) is 0 Å². The Morgan fingerprint density at radius 3 is 2.46 bits per heavy atom. The number of aryl methyl sites for hydroxylation is 1. The third-order valence-corrected chi connectivity index (χ3v) is 4.21. The first-order chi connectivity index (χ1) is 13.3. The molecule has 0 amide bonds. The second-order valence-electron chi connectivity index (χ2n) is 7.17. The minimum atomic E-state index is -0.487. The Morgan fingerprint density at radius 1 is 1.11 bits per heavy atom. The van der Waals surface area contributed by atoms with E-state index in [1.54, 1.807) is 12.1 Å². The van der Waals surface area contributed by atoms with Gasteiger partial charge in [0.2, 0.25) is 5.43 Å². The van der Waals surface area contributed by atoms with Crippen molar-refractivity contribution in [2.75, 3.05) is 6.61 Å². The zero-order valence-electron chi connectivity index (χ0n) is 16.6. The van der Waals surface area contributed by atoms with Crippen molar-refractivity contribution >= 4 is 11.8 Å². The highest BCUT2D eigenvalue weighted by Crippen LogP contribution is 2.09. The Bertz CT molecular complexity index is 852. The van der Waals surface area contributed by atoms with Crippen LogP contribution in [0, 0.1) is 12.8 Å². The molecule has 0 bridgehead atoms. The van der Waals surface area contributed by atoms with Crippen LogP contribution in [0.1, 0.15) is 54.7 Å². The maximum Gasteiger partial charge on any atom is 0.306 e. The minimum absolute atomic E-state index is 0.00661. The molecule has 0 radical (unpaired) electrons. The number of hydrogen-bond donors (Lipinski definition) is 1. The molecular formula is C22H27NO5. The van der Waals surface area contributed by atoms with Gasteiger partial charge in [0.25, 0.3) is 0 Å². The predicted molar refractivity (Wildman–Crippen MR) is 107 cm³/mol. The van der Waals surface area contributed by atoms with Gasteiger partial charge >= 0.3 is 5.97 Å². The molecule has 0 fully saturated rings. The summed E-state index contributed by atoms with van der Waals surface area (Å²) in [4.78, 5) is 38.9. The number of pyridine rings is 1. The van der Waals surface area contributed by atoms with E-state index in [1.807, 2.05) is 19.1 Å². The van der Waals surface area contributed by atoms with E-state index in [2.05, 4.69) is 18.8 Å². The molecule has 0 saturated carbocycles. The predicted octanol–water partition coefficient (Wildman–Crippen LogP) is 3.81. The number of aromatic amines is 1. The van der Waals surface area contributed by atoms with E-state index in [4.69, 9.17) is 9.47 Å². The topological polar surface area (TPSA) is 85.5 Å². The van der Waals surface area contributed by atoms with E-state index in [-0.39, 0.29) is 36.4 Å². The fourth-order valence-corrected chi connectivity index (χ4v) is 2.43. The van der Waals surface area contributed by atoms with E-state index in [9.17, 15) is 14.4 Å². The lowest BCUT2D eigenvalue weighted by Gasteiger charge is -2.09. The Kier molecular flexibility index (Phi) is 7.99. The molecule has 1 heterocycles. The molecule has 1 aromatic heterocycles. The molecule has 0 aliphatic carbocycles. The summed E-state index contributed by atoms with van der Waals surface area (Å²) in [7, 11) is 0. The van der Waals surface area contributed by atoms with Crippen molar-refractivity contribution in [1.82, 2.24) is 4.98 Å². The third-order valence-electron chi connectivity index (χ3n) is 4.21. The standard InChI is InChI=1S/C22H27NO5/c1-15(2)10-11-27-21-13-23-18(12-20(21)25)14-28-22(26)9-8-19(24)17-6-4-16(3)5-7-17/h4-7,12-13,15H,8-11,14H2,1-3H3,(H,23,25). The highest BCUT2D eigenvalue weighted by atomic mass is 16.5. The molecule has 6 nitrogen and oxygen atoms in total. The SMILES string of the molecule is Cc1ccc(C(=O)CCC(=O)OCc2cc(=O)c(OCCC(C)C)c[nH]2)cc1. The summed E-state index contributed by atoms with van der Waals surface area (Å²) >= 11 is 0. The number of nitrogens with one attached hydrogen (secondary N) is 1. The maximum atomic E-state index is 12.1. The first-order valence-corrected chi connectivity index (χ1v) is 9.45. The molecule has 2 rings (SSSR count). The summed E-state index contributed by atoms with van der Waals surface area (Å²) in [6.45, 7) is 6.53. The summed E-state index contributed by atoms with van der Waals surface area (Å²) in [6.07, 6.45) is 2.42. The molecule has 0 saturated heterocycles. The number of ether oxygens (including phenoxy) is 2. The number of benzene rings is 1. The summed E-state index contributed by atoms with van der Waals surface area (Å²) < 4.78 is 10.6. The number of H-pyrrole nitrogens is 1. The van der Waals surface area contributed by atoms with Gasteiger partial charge in [0.05, 0.1) is 18.7 Å². The van der Waals surface area contributed by atoms with Crippen LogP contribution < -0.4 is 10.2 Å². The van der Waals surface area contributed by atoms with Crippen LogP contribution in [0.2, 0.25) is 0 Å². The third kappa shape index (κ3) is 7.02. The normalized spacial score (nSPS) is 10.7. The molecule has 1 N–H and O–H groups in total. The lowest BCUT2D eigenvalue weighted by atomic mass is 10.1. The largest absolute Gasteiger partial charge is 0.488 e. The van der Waals surface area contributed by atoms with Crippen LogP contribution in [0.25, 0.3) is 0 Å². The van der Waals surface area contributed by atoms with Crippen LogP contribution in [0.4, 0.5) is 0 Å². The first kappa shape index (κ1) is 21.4. The highest BCUT2D eigenvalue weighted by Gasteiger charge is 2.11. The number of Topliss-reactive ketones (excluding diaryl/α,β-unsaturated/α-hetero) is 1. The first-order valence-electron chi connectivity index (χ1n) is 9.45. The number of aromatic nitrogens is 1. The van der Waals surface area contributed by atoms with E-state index in [1.165, 1.54) is 12.3 Å². The molecule has 1 aromatic carbocycles. The van der Waals surface area contributed by atoms with Gasteiger partial charge in [-0.05, 0) is 19.3 Å². The molecule has 0 unspecified atom stereocenters. The monoisotopic (exact) mass is 385 g/mol. The van der Waals surface area contributed by atoms with Gasteiger partial charge in [-0.3, -0.25) is 14.4 Å². The van der Waals surface area contributed by atoms with Crippen molar-refractivity contribution < 1.29 is 19.1 Å². The van der Waals surface area contributed by atoms with Gasteiger partial charge in [0.1, 0.15) is 6.61 Å². The van der Waals surface area contributed by atoms with Crippen molar-refractivity contribution in [2.45, 2.75) is 46.6 Å². The Labute approximate surface area is 164 Å². The lowest BCUT2D eigenvalue weighted by Crippen LogP contribution is -2.13. The van der Waals surface area contributed by atoms with Crippen LogP contribution in [-0.4, -0.2) is 23.3 Å². The summed E-state index contributed by atoms with van der Waals surface area (Å²) in [5.41, 5.74) is 1.86. The van der Waals surface area contributed by atoms with Crippen LogP contribution in [0.15, 0.2) is 41.3 Å². The van der Waals surface area contributed by atoms with Gasteiger partial charge in [-0.2, -0.15) is 0 Å². The van der Waals surface area contributed by atoms with Crippen molar-refractivity contribution in [3.8, 4) is 5.75 Å². The van der Waals surface area contributed by atoms with Crippen LogP contribution in [0.3, 0.4) is 0 Å². The maximum absolute atomic E-state index is 12.1. The van der Waals surface area contributed by atoms with E-state index in [0.29, 0.717) is 23.8 Å². The smallest absolute Gasteiger partial charge is 0.306 e. The number of hydrogen-bond acceptors (Lipinski definition) is 5. The second-order valence-corrected chi connectivity index (χ2v) is 7.17. The van der Waals surface area contributed by atoms with Gasteiger partial charge in [-0.1, -0.05) is 43.7 Å². The van der Waals surface area contributed by atoms with Crippen LogP contribution in [0.5, 0.6) is 5.75 Å². The van der Waals surface area contributed by atoms with Crippen LogP contribution in [-0.2, 0) is 16.1 Å². The molecule has 0 atom stereocenters. The Balaban J connectivity index is 1.77. The van der Waals surface area contributed by atoms with Crippen molar-refractivity contribution in [1.29, 1.82) is 0 Å². The van der Waals surface area contributed by atoms with Crippen LogP contribution >= 0.6 is 0 Å². The molecular weight excluding hydrogens is 358 g/mol. The number of carbonyl (C=O) groups is 2. The molecule has 28 heavy (non-hydrogen) atoms. The Hall–Kier alpha value is -2.89. The fourth-order valence-electron chi connectivity index (χ4n) is 2.43. The quantitative estimate of drug-likeness (QED) is 0.496. The van der Waals surface area contributed by atoms with Gasteiger partial charge in [0, 0.05) is 24.2 Å². The van der Waals surface area contributed by atoms with E-state index < -0.39 is 5.97 Å². The molecule has 0 aliphatic rings. The summed E-state index contributed by atoms with van der Waals surface area (Å²) in [6, 6.07) is 8.57. The molecule has 2 aromatic rings. The zero-order chi connectivity index (χ0) is 20.5. The lowest BCUT2D eigenvalue weighted by molar-refractivity contribution is -0.145. The van der Waals surface area contributed by atoms with Gasteiger partial charge in [-0.25, -0.2) is 0 Å². The minimum Gasteiger partial charge on any atom is -0.488 e. The molecule has 0 aliphatic heterocycles. The van der Waals surface area contributed by atoms with Crippen molar-refractivity contribution in [2.24, 2.45) is 5.92 Å². The number of carbonyl (C=O) groups excluding carboxylic acids is 2. The highest BCUT2D eigenvalue weighted by molar-refractivity contribution is 5.97. The van der Waals surface area contributed by atoms with Crippen molar-refractivity contribution in [3.63, 3.8) is 0 Å². The van der Waals surface area contributed by atoms with E-state index >= 15 is 0 Å².